The molecule has 0 radical (unpaired) electrons. The molecule has 64 heavy (non-hydrogen) atoms. The fraction of sp³-hybridized carbons (Fsp3) is 0.324. The standard InChI is InChI=1S/C16H14ClF3N2O4.C15H18N6O6S.C3H8NO5P/c1-8(2)26-14(24)10-6-9(4-5-11(10)17)22-13(23)7-12(16(18,19)20)21(3)15(22)25;1-21(2)13(22)9-6-5-7-16-12(9)28(24,25)20-15(23)19-14-17-10(26-3)8-11(18-14)27-4;5-3(6)1-4-2-10(7,8)9/h4-8H,1-3H3;5-8H,1-4H3,(H2,17,18,19,20,23);4H,1-2H2,(H,5,6)(H2,7,8,9). The zero-order valence-electron chi connectivity index (χ0n) is 34.4. The molecule has 0 aliphatic carbocycles. The van der Waals surface area contributed by atoms with E-state index in [1.165, 1.54) is 69.7 Å². The molecule has 3 heterocycles. The maximum absolute atomic E-state index is 12.9. The number of methoxy groups -OCH3 is 2. The van der Waals surface area contributed by atoms with Crippen molar-refractivity contribution in [2.75, 3.05) is 46.5 Å². The summed E-state index contributed by atoms with van der Waals surface area (Å²) in [6, 6.07) is 6.81. The van der Waals surface area contributed by atoms with Crippen LogP contribution in [0.4, 0.5) is 23.9 Å². The zero-order chi connectivity index (χ0) is 48.9. The number of aromatic nitrogens is 5. The lowest BCUT2D eigenvalue weighted by Gasteiger charge is -2.15. The van der Waals surface area contributed by atoms with Gasteiger partial charge in [0.15, 0.2) is 5.03 Å². The van der Waals surface area contributed by atoms with Gasteiger partial charge in [-0.2, -0.15) is 31.6 Å². The molecule has 24 nitrogen and oxygen atoms in total. The number of benzene rings is 1. The predicted molar refractivity (Wildman–Crippen MR) is 217 cm³/mol. The normalized spacial score (nSPS) is 11.2. The summed E-state index contributed by atoms with van der Waals surface area (Å²) in [5.41, 5.74) is -4.19. The number of carbonyl (C=O) groups excluding carboxylic acids is 3. The number of urea groups is 1. The van der Waals surface area contributed by atoms with E-state index in [0.29, 0.717) is 15.2 Å². The summed E-state index contributed by atoms with van der Waals surface area (Å²) >= 11 is 5.94. The fourth-order valence-corrected chi connectivity index (χ4v) is 6.14. The van der Waals surface area contributed by atoms with Gasteiger partial charge in [0.05, 0.1) is 61.1 Å². The Labute approximate surface area is 365 Å². The summed E-state index contributed by atoms with van der Waals surface area (Å²) < 4.78 is 91.3. The topological polar surface area (TPSA) is 330 Å². The molecular weight excluding hydrogens is 930 g/mol. The number of amides is 3. The maximum atomic E-state index is 12.9. The number of ether oxygens (including phenoxy) is 3. The van der Waals surface area contributed by atoms with Crippen molar-refractivity contribution in [2.24, 2.45) is 7.05 Å². The van der Waals surface area contributed by atoms with Crippen molar-refractivity contribution in [2.45, 2.75) is 31.2 Å². The first-order valence-electron chi connectivity index (χ1n) is 17.4. The number of anilines is 1. The molecule has 0 unspecified atom stereocenters. The molecule has 0 aliphatic rings. The number of halogens is 4. The van der Waals surface area contributed by atoms with Crippen LogP contribution in [0.15, 0.2) is 63.3 Å². The molecule has 1 aromatic carbocycles. The van der Waals surface area contributed by atoms with E-state index in [-0.39, 0.29) is 39.5 Å². The van der Waals surface area contributed by atoms with E-state index < -0.39 is 88.6 Å². The summed E-state index contributed by atoms with van der Waals surface area (Å²) in [6.45, 7) is 2.79. The lowest BCUT2D eigenvalue weighted by molar-refractivity contribution is -0.144. The number of hydrogen-bond acceptors (Lipinski definition) is 16. The van der Waals surface area contributed by atoms with Crippen LogP contribution in [0.3, 0.4) is 0 Å². The number of pyridine rings is 1. The summed E-state index contributed by atoms with van der Waals surface area (Å²) in [6.07, 6.45) is -4.71. The van der Waals surface area contributed by atoms with Gasteiger partial charge in [0, 0.05) is 33.4 Å². The van der Waals surface area contributed by atoms with E-state index in [1.807, 2.05) is 0 Å². The second-order valence-electron chi connectivity index (χ2n) is 12.7. The van der Waals surface area contributed by atoms with Crippen molar-refractivity contribution in [1.82, 2.24) is 39.0 Å². The van der Waals surface area contributed by atoms with Crippen LogP contribution in [-0.4, -0.2) is 123 Å². The average Bonchev–Trinajstić information content (AvgIpc) is 3.18. The largest absolute Gasteiger partial charge is 0.481 e. The number of carboxylic acids is 1. The molecule has 0 aliphatic heterocycles. The molecule has 6 N–H and O–H groups in total. The van der Waals surface area contributed by atoms with Crippen LogP contribution < -0.4 is 36.1 Å². The Morgan fingerprint density at radius 2 is 1.58 bits per heavy atom. The highest BCUT2D eigenvalue weighted by atomic mass is 35.5. The van der Waals surface area contributed by atoms with Gasteiger partial charge in [-0.3, -0.25) is 34.1 Å². The van der Waals surface area contributed by atoms with Gasteiger partial charge in [-0.25, -0.2) is 28.7 Å². The summed E-state index contributed by atoms with van der Waals surface area (Å²) in [4.78, 5) is 99.5. The molecule has 350 valence electrons. The highest BCUT2D eigenvalue weighted by Gasteiger charge is 2.35. The van der Waals surface area contributed by atoms with E-state index in [0.717, 1.165) is 13.1 Å². The van der Waals surface area contributed by atoms with Crippen molar-refractivity contribution in [3.63, 3.8) is 0 Å². The molecule has 3 aromatic heterocycles. The van der Waals surface area contributed by atoms with Crippen LogP contribution in [0.2, 0.25) is 5.02 Å². The number of carboxylic acid groups (broad SMARTS) is 1. The van der Waals surface area contributed by atoms with E-state index in [4.69, 9.17) is 40.7 Å². The van der Waals surface area contributed by atoms with Gasteiger partial charge in [-0.15, -0.1) is 0 Å². The first kappa shape index (κ1) is 53.7. The smallest absolute Gasteiger partial charge is 0.431 e. The molecule has 0 bridgehead atoms. The molecule has 4 aromatic rings. The minimum absolute atomic E-state index is 0.0104. The van der Waals surface area contributed by atoms with Crippen LogP contribution in [0.5, 0.6) is 11.8 Å². The number of esters is 1. The number of nitrogens with one attached hydrogen (secondary N) is 3. The van der Waals surface area contributed by atoms with Crippen molar-refractivity contribution in [3.8, 4) is 17.4 Å². The van der Waals surface area contributed by atoms with Gasteiger partial charge in [-0.05, 0) is 44.2 Å². The molecule has 30 heteroatoms. The Morgan fingerprint density at radius 3 is 2.08 bits per heavy atom. The third kappa shape index (κ3) is 16.0. The van der Waals surface area contributed by atoms with Gasteiger partial charge >= 0.3 is 37.4 Å². The number of aliphatic carboxylic acids is 1. The lowest BCUT2D eigenvalue weighted by atomic mass is 10.2. The molecule has 4 rings (SSSR count). The zero-order valence-corrected chi connectivity index (χ0v) is 36.9. The first-order valence-corrected chi connectivity index (χ1v) is 21.0. The third-order valence-corrected chi connectivity index (χ3v) is 9.44. The highest BCUT2D eigenvalue weighted by molar-refractivity contribution is 7.90. The van der Waals surface area contributed by atoms with Crippen molar-refractivity contribution < 1.29 is 74.4 Å². The summed E-state index contributed by atoms with van der Waals surface area (Å²) in [5, 5.41) is 11.6. The Morgan fingerprint density at radius 1 is 0.984 bits per heavy atom. The number of sulfonamides is 1. The maximum Gasteiger partial charge on any atom is 0.431 e. The van der Waals surface area contributed by atoms with E-state index in [2.05, 4.69) is 25.6 Å². The quantitative estimate of drug-likeness (QED) is 0.0820. The number of carbonyl (C=O) groups is 4. The summed E-state index contributed by atoms with van der Waals surface area (Å²) in [7, 11) is -2.05. The fourth-order valence-electron chi connectivity index (χ4n) is 4.51. The second-order valence-corrected chi connectivity index (χ2v) is 16.3. The molecule has 0 fully saturated rings. The lowest BCUT2D eigenvalue weighted by Crippen LogP contribution is -2.40. The Balaban J connectivity index is 0.000000365. The molecule has 0 spiro atoms. The van der Waals surface area contributed by atoms with E-state index in [1.54, 1.807) is 18.6 Å². The van der Waals surface area contributed by atoms with Gasteiger partial charge in [0.2, 0.25) is 17.7 Å². The molecule has 0 saturated heterocycles. The van der Waals surface area contributed by atoms with Crippen molar-refractivity contribution in [3.05, 3.63) is 91.3 Å². The Hall–Kier alpha value is -6.45. The van der Waals surface area contributed by atoms with Crippen LogP contribution in [0.1, 0.15) is 40.3 Å². The SMILES string of the molecule is CC(C)OC(=O)c1cc(-n2c(=O)cc(C(F)(F)F)n(C)c2=O)ccc1Cl.COc1cc(OC)nc(NC(=O)NS(=O)(=O)c2ncccc2C(=O)N(C)C)n1.O=C(O)CNCP(=O)(O)O. The average molecular weight is 970 g/mol. The number of hydrogen-bond donors (Lipinski definition) is 6. The Kier molecular flexibility index (Phi) is 19.1. The van der Waals surface area contributed by atoms with Gasteiger partial charge in [0.1, 0.15) is 5.69 Å². The highest BCUT2D eigenvalue weighted by Crippen LogP contribution is 2.31. The molecule has 0 saturated carbocycles. The number of nitrogens with zero attached hydrogens (tertiary/aromatic N) is 6. The second kappa shape index (κ2) is 22.8. The van der Waals surface area contributed by atoms with E-state index >= 15 is 0 Å². The van der Waals surface area contributed by atoms with Gasteiger partial charge in [0.25, 0.3) is 21.5 Å². The van der Waals surface area contributed by atoms with Crippen molar-refractivity contribution in [1.29, 1.82) is 0 Å². The van der Waals surface area contributed by atoms with Crippen molar-refractivity contribution >= 4 is 59.0 Å². The minimum Gasteiger partial charge on any atom is -0.481 e. The van der Waals surface area contributed by atoms with Crippen LogP contribution in [0, 0.1) is 0 Å². The predicted octanol–water partition coefficient (Wildman–Crippen LogP) is 1.67. The number of alkyl halides is 3. The number of rotatable bonds is 13. The minimum atomic E-state index is -4.86. The first-order chi connectivity index (χ1) is 29.5. The third-order valence-electron chi connectivity index (χ3n) is 7.19. The Bertz CT molecular complexity index is 2620. The molecular formula is C34H40ClF3N9O15PS. The monoisotopic (exact) mass is 969 g/mol. The molecule has 3 amide bonds. The van der Waals surface area contributed by atoms with Crippen LogP contribution >= 0.6 is 19.2 Å². The van der Waals surface area contributed by atoms with Crippen LogP contribution in [-0.2, 0) is 37.3 Å². The van der Waals surface area contributed by atoms with Gasteiger partial charge < -0.3 is 34.0 Å². The molecule has 0 atom stereocenters. The summed E-state index contributed by atoms with van der Waals surface area (Å²) in [5.74, 6) is -2.59. The van der Waals surface area contributed by atoms with Gasteiger partial charge in [-0.1, -0.05) is 11.6 Å². The van der Waals surface area contributed by atoms with E-state index in [9.17, 15) is 54.9 Å². The van der Waals surface area contributed by atoms with Crippen LogP contribution in [0.25, 0.3) is 5.69 Å².